The van der Waals surface area contributed by atoms with Crippen LogP contribution in [-0.2, 0) is 19.0 Å². The normalized spacial score (nSPS) is 16.1. The number of ether oxygens (including phenoxy) is 1. The molecular formula is C11H17ClO4S. The first kappa shape index (κ1) is 14.5. The fraction of sp³-hybridized carbons (Fsp3) is 0.636. The fourth-order valence-electron chi connectivity index (χ4n) is 1.25. The smallest absolute Gasteiger partial charge is 0.330 e. The maximum atomic E-state index is 11.7. The van der Waals surface area contributed by atoms with Gasteiger partial charge in [-0.05, 0) is 37.8 Å². The zero-order valence-electron chi connectivity index (χ0n) is 9.82. The van der Waals surface area contributed by atoms with Crippen LogP contribution in [0.4, 0.5) is 0 Å². The molecule has 0 unspecified atom stereocenters. The molecule has 0 aliphatic carbocycles. The van der Waals surface area contributed by atoms with E-state index in [-0.39, 0.29) is 11.7 Å². The first-order valence-electron chi connectivity index (χ1n) is 5.52. The molecule has 0 N–H and O–H groups in total. The summed E-state index contributed by atoms with van der Waals surface area (Å²) in [7, 11) is -3.73. The quantitative estimate of drug-likeness (QED) is 0.409. The molecule has 0 bridgehead atoms. The summed E-state index contributed by atoms with van der Waals surface area (Å²) in [5.41, 5.74) is 0.978. The van der Waals surface area contributed by atoms with Gasteiger partial charge in [-0.25, -0.2) is 0 Å². The largest absolute Gasteiger partial charge is 0.477 e. The molecule has 0 radical (unpaired) electrons. The highest BCUT2D eigenvalue weighted by Crippen LogP contribution is 2.17. The van der Waals surface area contributed by atoms with Crippen molar-refractivity contribution >= 4 is 21.7 Å². The van der Waals surface area contributed by atoms with Crippen molar-refractivity contribution in [1.29, 1.82) is 0 Å². The monoisotopic (exact) mass is 280 g/mol. The van der Waals surface area contributed by atoms with Crippen LogP contribution < -0.4 is 0 Å². The lowest BCUT2D eigenvalue weighted by atomic mass is 10.3. The Labute approximate surface area is 107 Å². The molecule has 6 heteroatoms. The predicted octanol–water partition coefficient (Wildman–Crippen LogP) is 2.56. The zero-order valence-corrected chi connectivity index (χ0v) is 11.4. The van der Waals surface area contributed by atoms with Gasteiger partial charge in [-0.3, -0.25) is 4.18 Å². The van der Waals surface area contributed by atoms with Gasteiger partial charge in [0.25, 0.3) is 0 Å². The molecular weight excluding hydrogens is 264 g/mol. The van der Waals surface area contributed by atoms with Gasteiger partial charge in [-0.15, -0.1) is 11.6 Å². The second-order valence-electron chi connectivity index (χ2n) is 3.81. The van der Waals surface area contributed by atoms with Crippen molar-refractivity contribution in [1.82, 2.24) is 0 Å². The number of alkyl halides is 1. The van der Waals surface area contributed by atoms with Gasteiger partial charge in [-0.2, -0.15) is 8.42 Å². The second-order valence-corrected chi connectivity index (χ2v) is 5.74. The van der Waals surface area contributed by atoms with Crippen molar-refractivity contribution in [2.45, 2.75) is 26.2 Å². The summed E-state index contributed by atoms with van der Waals surface area (Å²) < 4.78 is 33.3. The van der Waals surface area contributed by atoms with E-state index < -0.39 is 10.1 Å². The van der Waals surface area contributed by atoms with Crippen LogP contribution in [0.15, 0.2) is 22.8 Å². The maximum Gasteiger partial charge on any atom is 0.330 e. The Balaban J connectivity index is 2.41. The van der Waals surface area contributed by atoms with Crippen LogP contribution in [0.3, 0.4) is 0 Å². The zero-order chi connectivity index (χ0) is 12.7. The fourth-order valence-corrected chi connectivity index (χ4v) is 2.33. The third-order valence-corrected chi connectivity index (χ3v) is 3.70. The Morgan fingerprint density at radius 3 is 2.71 bits per heavy atom. The third-order valence-electron chi connectivity index (χ3n) is 2.21. The van der Waals surface area contributed by atoms with E-state index in [1.807, 2.05) is 6.92 Å². The highest BCUT2D eigenvalue weighted by Gasteiger charge is 2.21. The Morgan fingerprint density at radius 2 is 2.12 bits per heavy atom. The third kappa shape index (κ3) is 5.10. The molecule has 0 atom stereocenters. The summed E-state index contributed by atoms with van der Waals surface area (Å²) in [4.78, 5) is 0. The van der Waals surface area contributed by atoms with Gasteiger partial charge in [-0.1, -0.05) is 6.08 Å². The highest BCUT2D eigenvalue weighted by molar-refractivity contribution is 7.90. The van der Waals surface area contributed by atoms with Gasteiger partial charge in [0.05, 0.1) is 6.61 Å². The minimum Gasteiger partial charge on any atom is -0.477 e. The summed E-state index contributed by atoms with van der Waals surface area (Å²) in [6.45, 7) is 2.33. The van der Waals surface area contributed by atoms with Crippen LogP contribution in [0, 0.1) is 0 Å². The van der Waals surface area contributed by atoms with Crippen molar-refractivity contribution < 1.29 is 17.3 Å². The molecule has 4 nitrogen and oxygen atoms in total. The first-order chi connectivity index (χ1) is 8.06. The summed E-state index contributed by atoms with van der Waals surface area (Å²) >= 11 is 5.51. The van der Waals surface area contributed by atoms with E-state index in [4.69, 9.17) is 20.5 Å². The molecule has 0 aromatic carbocycles. The molecule has 0 spiro atoms. The van der Waals surface area contributed by atoms with Crippen LogP contribution in [0.5, 0.6) is 0 Å². The number of hydrogen-bond acceptors (Lipinski definition) is 4. The van der Waals surface area contributed by atoms with E-state index in [0.29, 0.717) is 18.9 Å². The summed E-state index contributed by atoms with van der Waals surface area (Å²) in [6.07, 6.45) is 5.54. The van der Waals surface area contributed by atoms with E-state index in [0.717, 1.165) is 18.4 Å². The molecule has 0 fully saturated rings. The van der Waals surface area contributed by atoms with Gasteiger partial charge in [0.2, 0.25) is 5.09 Å². The minimum absolute atomic E-state index is 0.111. The Hall–Kier alpha value is -0.520. The average Bonchev–Trinajstić information content (AvgIpc) is 2.29. The molecule has 98 valence electrons. The second kappa shape index (κ2) is 7.03. The van der Waals surface area contributed by atoms with E-state index in [2.05, 4.69) is 0 Å². The lowest BCUT2D eigenvalue weighted by Crippen LogP contribution is -2.15. The Kier molecular flexibility index (Phi) is 6.02. The lowest BCUT2D eigenvalue weighted by Gasteiger charge is -2.14. The maximum absolute atomic E-state index is 11.7. The number of hydrogen-bond donors (Lipinski definition) is 0. The molecule has 0 saturated heterocycles. The van der Waals surface area contributed by atoms with Gasteiger partial charge in [0, 0.05) is 5.88 Å². The number of unbranched alkanes of at least 4 members (excludes halogenated alkanes) is 2. The Morgan fingerprint density at radius 1 is 1.35 bits per heavy atom. The summed E-state index contributed by atoms with van der Waals surface area (Å²) in [6, 6.07) is 0. The molecule has 0 aromatic heterocycles. The van der Waals surface area contributed by atoms with Crippen molar-refractivity contribution in [2.75, 3.05) is 19.1 Å². The van der Waals surface area contributed by atoms with E-state index in [9.17, 15) is 8.42 Å². The van der Waals surface area contributed by atoms with Crippen molar-refractivity contribution in [3.8, 4) is 0 Å². The number of allylic oxidation sites excluding steroid dienone is 2. The minimum atomic E-state index is -3.73. The van der Waals surface area contributed by atoms with E-state index >= 15 is 0 Å². The van der Waals surface area contributed by atoms with E-state index in [1.54, 1.807) is 6.08 Å². The highest BCUT2D eigenvalue weighted by atomic mass is 35.5. The van der Waals surface area contributed by atoms with Crippen LogP contribution in [0.2, 0.25) is 0 Å². The van der Waals surface area contributed by atoms with Crippen molar-refractivity contribution in [3.63, 3.8) is 0 Å². The van der Waals surface area contributed by atoms with Crippen LogP contribution in [0.1, 0.15) is 26.2 Å². The number of rotatable bonds is 7. The van der Waals surface area contributed by atoms with Gasteiger partial charge in [0.15, 0.2) is 0 Å². The lowest BCUT2D eigenvalue weighted by molar-refractivity contribution is 0.236. The van der Waals surface area contributed by atoms with Crippen LogP contribution in [-0.4, -0.2) is 27.5 Å². The summed E-state index contributed by atoms with van der Waals surface area (Å²) in [5.74, 6) is 0.588. The molecule has 17 heavy (non-hydrogen) atoms. The molecule has 0 aromatic rings. The number of halogens is 1. The molecule has 1 heterocycles. The molecule has 0 amide bonds. The van der Waals surface area contributed by atoms with Crippen molar-refractivity contribution in [2.24, 2.45) is 0 Å². The Bertz CT molecular complexity index is 398. The van der Waals surface area contributed by atoms with Gasteiger partial charge >= 0.3 is 10.1 Å². The van der Waals surface area contributed by atoms with Gasteiger partial charge in [0.1, 0.15) is 6.61 Å². The SMILES string of the molecule is CC1=CC=C(S(=O)(=O)OCCCCCCl)OC1. The molecule has 1 aliphatic heterocycles. The van der Waals surface area contributed by atoms with Crippen molar-refractivity contribution in [3.05, 3.63) is 22.8 Å². The first-order valence-corrected chi connectivity index (χ1v) is 7.46. The molecule has 1 rings (SSSR count). The van der Waals surface area contributed by atoms with Crippen LogP contribution in [0.25, 0.3) is 0 Å². The molecule has 0 saturated carbocycles. The molecule has 1 aliphatic rings. The summed E-state index contributed by atoms with van der Waals surface area (Å²) in [5, 5.41) is -0.111. The average molecular weight is 281 g/mol. The van der Waals surface area contributed by atoms with E-state index in [1.165, 1.54) is 6.08 Å². The van der Waals surface area contributed by atoms with Crippen LogP contribution >= 0.6 is 11.6 Å². The standard InChI is InChI=1S/C11H17ClO4S/c1-10-5-6-11(15-9-10)17(13,14)16-8-4-2-3-7-12/h5-6H,2-4,7-9H2,1H3. The predicted molar refractivity (Wildman–Crippen MR) is 67.2 cm³/mol. The van der Waals surface area contributed by atoms with Gasteiger partial charge < -0.3 is 4.74 Å². The topological polar surface area (TPSA) is 52.6 Å².